The van der Waals surface area contributed by atoms with Gasteiger partial charge in [-0.15, -0.1) is 0 Å². The van der Waals surface area contributed by atoms with E-state index in [1.165, 1.54) is 10.9 Å². The summed E-state index contributed by atoms with van der Waals surface area (Å²) in [6.07, 6.45) is 0. The first-order valence-electron chi connectivity index (χ1n) is 7.13. The Morgan fingerprint density at radius 2 is 1.89 bits per heavy atom. The SMILES string of the molecule is Cc1ccc2cc(CNCC(C)C(C)C)ccc2n1. The van der Waals surface area contributed by atoms with Gasteiger partial charge in [0, 0.05) is 17.6 Å². The highest BCUT2D eigenvalue weighted by molar-refractivity contribution is 5.79. The van der Waals surface area contributed by atoms with Crippen LogP contribution in [-0.2, 0) is 6.54 Å². The molecule has 0 aliphatic carbocycles. The van der Waals surface area contributed by atoms with Gasteiger partial charge in [0.15, 0.2) is 0 Å². The first-order chi connectivity index (χ1) is 9.06. The third-order valence-corrected chi connectivity index (χ3v) is 3.83. The number of rotatable bonds is 5. The van der Waals surface area contributed by atoms with Gasteiger partial charge in [-0.3, -0.25) is 4.98 Å². The van der Waals surface area contributed by atoms with E-state index in [0.29, 0.717) is 5.92 Å². The van der Waals surface area contributed by atoms with Crippen molar-refractivity contribution in [1.82, 2.24) is 10.3 Å². The molecule has 0 saturated heterocycles. The Morgan fingerprint density at radius 1 is 1.11 bits per heavy atom. The van der Waals surface area contributed by atoms with Crippen molar-refractivity contribution in [3.8, 4) is 0 Å². The third-order valence-electron chi connectivity index (χ3n) is 3.83. The van der Waals surface area contributed by atoms with E-state index in [9.17, 15) is 0 Å². The van der Waals surface area contributed by atoms with Gasteiger partial charge in [0.25, 0.3) is 0 Å². The lowest BCUT2D eigenvalue weighted by atomic mass is 9.98. The van der Waals surface area contributed by atoms with Crippen LogP contribution in [-0.4, -0.2) is 11.5 Å². The van der Waals surface area contributed by atoms with E-state index in [-0.39, 0.29) is 0 Å². The summed E-state index contributed by atoms with van der Waals surface area (Å²) in [5, 5.41) is 4.76. The maximum Gasteiger partial charge on any atom is 0.0705 e. The molecule has 102 valence electrons. The molecule has 0 saturated carbocycles. The fourth-order valence-corrected chi connectivity index (χ4v) is 2.07. The summed E-state index contributed by atoms with van der Waals surface area (Å²) >= 11 is 0. The zero-order valence-electron chi connectivity index (χ0n) is 12.4. The lowest BCUT2D eigenvalue weighted by molar-refractivity contribution is 0.392. The smallest absolute Gasteiger partial charge is 0.0705 e. The predicted octanol–water partition coefficient (Wildman–Crippen LogP) is 3.92. The number of hydrogen-bond acceptors (Lipinski definition) is 2. The fraction of sp³-hybridized carbons (Fsp3) is 0.471. The minimum atomic E-state index is 0.713. The first kappa shape index (κ1) is 14.0. The van der Waals surface area contributed by atoms with Crippen LogP contribution in [0.2, 0.25) is 0 Å². The van der Waals surface area contributed by atoms with Crippen molar-refractivity contribution in [2.24, 2.45) is 11.8 Å². The van der Waals surface area contributed by atoms with Gasteiger partial charge in [0.1, 0.15) is 0 Å². The van der Waals surface area contributed by atoms with Crippen LogP contribution in [0.3, 0.4) is 0 Å². The maximum atomic E-state index is 4.53. The molecule has 0 aliphatic rings. The topological polar surface area (TPSA) is 24.9 Å². The lowest BCUT2D eigenvalue weighted by Crippen LogP contribution is -2.23. The van der Waals surface area contributed by atoms with Crippen molar-refractivity contribution < 1.29 is 0 Å². The fourth-order valence-electron chi connectivity index (χ4n) is 2.07. The first-order valence-corrected chi connectivity index (χ1v) is 7.13. The van der Waals surface area contributed by atoms with E-state index >= 15 is 0 Å². The molecule has 0 aliphatic heterocycles. The lowest BCUT2D eigenvalue weighted by Gasteiger charge is -2.16. The van der Waals surface area contributed by atoms with Crippen LogP contribution in [0.4, 0.5) is 0 Å². The second-order valence-corrected chi connectivity index (χ2v) is 5.83. The van der Waals surface area contributed by atoms with Crippen molar-refractivity contribution in [3.63, 3.8) is 0 Å². The Hall–Kier alpha value is -1.41. The molecule has 2 nitrogen and oxygen atoms in total. The molecule has 0 fully saturated rings. The summed E-state index contributed by atoms with van der Waals surface area (Å²) in [6.45, 7) is 10.9. The van der Waals surface area contributed by atoms with Crippen LogP contribution in [0.5, 0.6) is 0 Å². The third kappa shape index (κ3) is 3.77. The standard InChI is InChI=1S/C17H24N2/c1-12(2)13(3)10-18-11-15-6-8-17-16(9-15)7-5-14(4)19-17/h5-9,12-13,18H,10-11H2,1-4H3. The maximum absolute atomic E-state index is 4.53. The highest BCUT2D eigenvalue weighted by atomic mass is 14.9. The van der Waals surface area contributed by atoms with E-state index in [4.69, 9.17) is 0 Å². The minimum Gasteiger partial charge on any atom is -0.312 e. The average molecular weight is 256 g/mol. The predicted molar refractivity (Wildman–Crippen MR) is 82.2 cm³/mol. The summed E-state index contributed by atoms with van der Waals surface area (Å²) < 4.78 is 0. The summed E-state index contributed by atoms with van der Waals surface area (Å²) in [7, 11) is 0. The summed E-state index contributed by atoms with van der Waals surface area (Å²) in [4.78, 5) is 4.53. The van der Waals surface area contributed by atoms with E-state index in [2.05, 4.69) is 61.4 Å². The summed E-state index contributed by atoms with van der Waals surface area (Å²) in [6, 6.07) is 10.7. The number of nitrogens with zero attached hydrogens (tertiary/aromatic N) is 1. The van der Waals surface area contributed by atoms with Crippen molar-refractivity contribution in [2.75, 3.05) is 6.54 Å². The molecular formula is C17H24N2. The Balaban J connectivity index is 2.00. The van der Waals surface area contributed by atoms with Crippen LogP contribution in [0.1, 0.15) is 32.0 Å². The van der Waals surface area contributed by atoms with Crippen LogP contribution in [0, 0.1) is 18.8 Å². The molecule has 2 heteroatoms. The van der Waals surface area contributed by atoms with Crippen LogP contribution in [0.15, 0.2) is 30.3 Å². The van der Waals surface area contributed by atoms with Crippen LogP contribution >= 0.6 is 0 Å². The normalized spacial score (nSPS) is 13.1. The highest BCUT2D eigenvalue weighted by Crippen LogP contribution is 2.15. The highest BCUT2D eigenvalue weighted by Gasteiger charge is 2.06. The van der Waals surface area contributed by atoms with Crippen LogP contribution < -0.4 is 5.32 Å². The average Bonchev–Trinajstić information content (AvgIpc) is 2.38. The summed E-state index contributed by atoms with van der Waals surface area (Å²) in [5.41, 5.74) is 3.48. The summed E-state index contributed by atoms with van der Waals surface area (Å²) in [5.74, 6) is 1.45. The Labute approximate surface area is 116 Å². The zero-order valence-corrected chi connectivity index (χ0v) is 12.4. The van der Waals surface area contributed by atoms with Gasteiger partial charge in [-0.1, -0.05) is 32.9 Å². The number of fused-ring (bicyclic) bond motifs is 1. The number of aromatic nitrogens is 1. The van der Waals surface area contributed by atoms with Gasteiger partial charge in [-0.2, -0.15) is 0 Å². The second kappa shape index (κ2) is 6.16. The van der Waals surface area contributed by atoms with Gasteiger partial charge in [-0.05, 0) is 49.1 Å². The Bertz CT molecular complexity index is 546. The molecule has 0 bridgehead atoms. The van der Waals surface area contributed by atoms with E-state index in [1.54, 1.807) is 0 Å². The molecule has 1 aromatic carbocycles. The van der Waals surface area contributed by atoms with Crippen molar-refractivity contribution in [3.05, 3.63) is 41.6 Å². The molecule has 0 amide bonds. The molecule has 0 spiro atoms. The van der Waals surface area contributed by atoms with Crippen LogP contribution in [0.25, 0.3) is 10.9 Å². The monoisotopic (exact) mass is 256 g/mol. The molecule has 1 atom stereocenters. The number of aryl methyl sites for hydroxylation is 1. The zero-order chi connectivity index (χ0) is 13.8. The molecule has 1 N–H and O–H groups in total. The number of hydrogen-bond donors (Lipinski definition) is 1. The quantitative estimate of drug-likeness (QED) is 0.877. The second-order valence-electron chi connectivity index (χ2n) is 5.83. The minimum absolute atomic E-state index is 0.713. The number of benzene rings is 1. The van der Waals surface area contributed by atoms with Gasteiger partial charge < -0.3 is 5.32 Å². The largest absolute Gasteiger partial charge is 0.312 e. The Morgan fingerprint density at radius 3 is 2.63 bits per heavy atom. The van der Waals surface area contributed by atoms with Crippen molar-refractivity contribution >= 4 is 10.9 Å². The van der Waals surface area contributed by atoms with Gasteiger partial charge in [0.05, 0.1) is 5.52 Å². The molecule has 0 radical (unpaired) electrons. The molecular weight excluding hydrogens is 232 g/mol. The van der Waals surface area contributed by atoms with E-state index in [1.807, 2.05) is 6.92 Å². The number of nitrogens with one attached hydrogen (secondary N) is 1. The molecule has 1 unspecified atom stereocenters. The molecule has 2 aromatic rings. The van der Waals surface area contributed by atoms with Gasteiger partial charge >= 0.3 is 0 Å². The molecule has 19 heavy (non-hydrogen) atoms. The number of pyridine rings is 1. The Kier molecular flexibility index (Phi) is 4.54. The van der Waals surface area contributed by atoms with Crippen molar-refractivity contribution in [1.29, 1.82) is 0 Å². The van der Waals surface area contributed by atoms with Gasteiger partial charge in [0.2, 0.25) is 0 Å². The van der Waals surface area contributed by atoms with Gasteiger partial charge in [-0.25, -0.2) is 0 Å². The molecule has 2 rings (SSSR count). The van der Waals surface area contributed by atoms with Crippen molar-refractivity contribution in [2.45, 2.75) is 34.2 Å². The molecule has 1 aromatic heterocycles. The van der Waals surface area contributed by atoms with E-state index < -0.39 is 0 Å². The molecule has 1 heterocycles. The van der Waals surface area contributed by atoms with E-state index in [0.717, 1.165) is 30.2 Å².